The van der Waals surface area contributed by atoms with Crippen LogP contribution >= 0.6 is 27.5 Å². The van der Waals surface area contributed by atoms with E-state index in [4.69, 9.17) is 16.3 Å². The first-order valence-corrected chi connectivity index (χ1v) is 6.60. The fraction of sp³-hybridized carbons (Fsp3) is 0.250. The van der Waals surface area contributed by atoms with Gasteiger partial charge in [0.05, 0.1) is 12.3 Å². The first-order valence-electron chi connectivity index (χ1n) is 5.43. The SMILES string of the molecule is COCCn1ccnc1Nc1ccc(Cl)cc1Br. The van der Waals surface area contributed by atoms with E-state index < -0.39 is 0 Å². The number of aromatic nitrogens is 2. The minimum absolute atomic E-state index is 0.646. The summed E-state index contributed by atoms with van der Waals surface area (Å²) in [5.41, 5.74) is 0.921. The summed E-state index contributed by atoms with van der Waals surface area (Å²) in [7, 11) is 1.68. The topological polar surface area (TPSA) is 39.1 Å². The Morgan fingerprint density at radius 2 is 2.33 bits per heavy atom. The summed E-state index contributed by atoms with van der Waals surface area (Å²) < 4.78 is 7.95. The molecule has 0 saturated heterocycles. The van der Waals surface area contributed by atoms with Crippen LogP contribution in [0.5, 0.6) is 0 Å². The van der Waals surface area contributed by atoms with Crippen LogP contribution in [0.3, 0.4) is 0 Å². The Morgan fingerprint density at radius 1 is 1.50 bits per heavy atom. The van der Waals surface area contributed by atoms with Crippen molar-refractivity contribution in [3.63, 3.8) is 0 Å². The highest BCUT2D eigenvalue weighted by atomic mass is 79.9. The summed E-state index contributed by atoms with van der Waals surface area (Å²) in [5, 5.41) is 3.94. The molecule has 0 atom stereocenters. The van der Waals surface area contributed by atoms with Gasteiger partial charge in [-0.3, -0.25) is 0 Å². The first-order chi connectivity index (χ1) is 8.70. The highest BCUT2D eigenvalue weighted by Gasteiger charge is 2.06. The third-order valence-corrected chi connectivity index (χ3v) is 3.32. The molecule has 1 aromatic carbocycles. The molecule has 0 aliphatic heterocycles. The van der Waals surface area contributed by atoms with E-state index in [-0.39, 0.29) is 0 Å². The molecule has 0 saturated carbocycles. The number of benzene rings is 1. The van der Waals surface area contributed by atoms with Crippen molar-refractivity contribution in [2.24, 2.45) is 0 Å². The Hall–Kier alpha value is -1.04. The minimum Gasteiger partial charge on any atom is -0.383 e. The Bertz CT molecular complexity index is 530. The van der Waals surface area contributed by atoms with Gasteiger partial charge in [0, 0.05) is 35.5 Å². The Balaban J connectivity index is 2.15. The van der Waals surface area contributed by atoms with Crippen LogP contribution in [0.2, 0.25) is 5.02 Å². The van der Waals surface area contributed by atoms with Crippen LogP contribution in [0.4, 0.5) is 11.6 Å². The molecule has 0 spiro atoms. The second-order valence-corrected chi connectivity index (χ2v) is 4.98. The smallest absolute Gasteiger partial charge is 0.207 e. The van der Waals surface area contributed by atoms with Crippen LogP contribution < -0.4 is 5.32 Å². The Kier molecular flexibility index (Phi) is 4.63. The standard InChI is InChI=1S/C12H13BrClN3O/c1-18-7-6-17-5-4-15-12(17)16-11-3-2-9(14)8-10(11)13/h2-5,8H,6-7H2,1H3,(H,15,16). The molecule has 0 bridgehead atoms. The maximum atomic E-state index is 5.90. The summed E-state index contributed by atoms with van der Waals surface area (Å²) in [6, 6.07) is 5.57. The van der Waals surface area contributed by atoms with Gasteiger partial charge in [0.2, 0.25) is 5.95 Å². The van der Waals surface area contributed by atoms with E-state index in [9.17, 15) is 0 Å². The molecule has 0 aliphatic carbocycles. The lowest BCUT2D eigenvalue weighted by Crippen LogP contribution is -2.07. The van der Waals surface area contributed by atoms with Gasteiger partial charge >= 0.3 is 0 Å². The molecule has 0 unspecified atom stereocenters. The van der Waals surface area contributed by atoms with Crippen molar-refractivity contribution >= 4 is 39.2 Å². The average molecular weight is 331 g/mol. The van der Waals surface area contributed by atoms with Crippen LogP contribution in [-0.2, 0) is 11.3 Å². The summed E-state index contributed by atoms with van der Waals surface area (Å²) in [6.45, 7) is 1.40. The van der Waals surface area contributed by atoms with Crippen LogP contribution in [0.1, 0.15) is 0 Å². The van der Waals surface area contributed by atoms with Gasteiger partial charge in [0.1, 0.15) is 0 Å². The van der Waals surface area contributed by atoms with E-state index in [0.717, 1.165) is 22.7 Å². The monoisotopic (exact) mass is 329 g/mol. The molecule has 96 valence electrons. The Labute approximate surface area is 119 Å². The molecule has 0 amide bonds. The molecular weight excluding hydrogens is 318 g/mol. The second kappa shape index (κ2) is 6.22. The number of rotatable bonds is 5. The molecule has 6 heteroatoms. The minimum atomic E-state index is 0.646. The van der Waals surface area contributed by atoms with Gasteiger partial charge in [-0.1, -0.05) is 11.6 Å². The summed E-state index contributed by atoms with van der Waals surface area (Å²) >= 11 is 9.36. The normalized spacial score (nSPS) is 10.6. The average Bonchev–Trinajstić information content (AvgIpc) is 2.77. The van der Waals surface area contributed by atoms with Crippen molar-refractivity contribution in [1.29, 1.82) is 0 Å². The van der Waals surface area contributed by atoms with Crippen LogP contribution in [-0.4, -0.2) is 23.3 Å². The van der Waals surface area contributed by atoms with Crippen LogP contribution in [0.15, 0.2) is 35.1 Å². The summed E-state index contributed by atoms with van der Waals surface area (Å²) in [6.07, 6.45) is 3.66. The molecule has 0 aliphatic rings. The first kappa shape index (κ1) is 13.4. The summed E-state index contributed by atoms with van der Waals surface area (Å²) in [5.74, 6) is 0.773. The number of ether oxygens (including phenoxy) is 1. The number of methoxy groups -OCH3 is 1. The number of halogens is 2. The number of anilines is 2. The summed E-state index contributed by atoms with van der Waals surface area (Å²) in [4.78, 5) is 4.27. The number of nitrogens with one attached hydrogen (secondary N) is 1. The zero-order chi connectivity index (χ0) is 13.0. The van der Waals surface area contributed by atoms with E-state index in [1.807, 2.05) is 29.0 Å². The van der Waals surface area contributed by atoms with Crippen LogP contribution in [0, 0.1) is 0 Å². The van der Waals surface area contributed by atoms with E-state index in [1.165, 1.54) is 0 Å². The van der Waals surface area contributed by atoms with Gasteiger partial charge in [0.25, 0.3) is 0 Å². The van der Waals surface area contributed by atoms with Crippen LogP contribution in [0.25, 0.3) is 0 Å². The van der Waals surface area contributed by atoms with Gasteiger partial charge in [-0.25, -0.2) is 4.98 Å². The molecule has 1 aromatic heterocycles. The zero-order valence-corrected chi connectivity index (χ0v) is 12.2. The zero-order valence-electron chi connectivity index (χ0n) is 9.86. The van der Waals surface area contributed by atoms with Gasteiger partial charge in [0.15, 0.2) is 0 Å². The third-order valence-electron chi connectivity index (χ3n) is 2.43. The number of nitrogens with zero attached hydrogens (tertiary/aromatic N) is 2. The maximum absolute atomic E-state index is 5.90. The molecular formula is C12H13BrClN3O. The predicted octanol–water partition coefficient (Wildman–Crippen LogP) is 3.69. The van der Waals surface area contributed by atoms with E-state index in [0.29, 0.717) is 11.6 Å². The predicted molar refractivity (Wildman–Crippen MR) is 76.5 cm³/mol. The van der Waals surface area contributed by atoms with Gasteiger partial charge in [-0.15, -0.1) is 0 Å². The van der Waals surface area contributed by atoms with E-state index >= 15 is 0 Å². The molecule has 18 heavy (non-hydrogen) atoms. The number of imidazole rings is 1. The van der Waals surface area contributed by atoms with Crippen molar-refractivity contribution in [2.45, 2.75) is 6.54 Å². The fourth-order valence-corrected chi connectivity index (χ4v) is 2.30. The van der Waals surface area contributed by atoms with Crippen molar-refractivity contribution in [3.8, 4) is 0 Å². The lowest BCUT2D eigenvalue weighted by atomic mass is 10.3. The molecule has 0 fully saturated rings. The van der Waals surface area contributed by atoms with Crippen molar-refractivity contribution in [2.75, 3.05) is 19.0 Å². The molecule has 0 radical (unpaired) electrons. The second-order valence-electron chi connectivity index (χ2n) is 3.69. The molecule has 2 rings (SSSR count). The van der Waals surface area contributed by atoms with Crippen molar-refractivity contribution in [1.82, 2.24) is 9.55 Å². The van der Waals surface area contributed by atoms with Gasteiger partial charge < -0.3 is 14.6 Å². The lowest BCUT2D eigenvalue weighted by Gasteiger charge is -2.10. The Morgan fingerprint density at radius 3 is 3.06 bits per heavy atom. The van der Waals surface area contributed by atoms with Crippen molar-refractivity contribution < 1.29 is 4.74 Å². The van der Waals surface area contributed by atoms with E-state index in [2.05, 4.69) is 26.2 Å². The molecule has 1 heterocycles. The maximum Gasteiger partial charge on any atom is 0.207 e. The largest absolute Gasteiger partial charge is 0.383 e. The molecule has 2 aromatic rings. The van der Waals surface area contributed by atoms with E-state index in [1.54, 1.807) is 13.3 Å². The fourth-order valence-electron chi connectivity index (χ4n) is 1.51. The quantitative estimate of drug-likeness (QED) is 0.909. The van der Waals surface area contributed by atoms with Crippen molar-refractivity contribution in [3.05, 3.63) is 40.1 Å². The third kappa shape index (κ3) is 3.25. The van der Waals surface area contributed by atoms with Gasteiger partial charge in [-0.05, 0) is 34.1 Å². The highest BCUT2D eigenvalue weighted by Crippen LogP contribution is 2.28. The van der Waals surface area contributed by atoms with Gasteiger partial charge in [-0.2, -0.15) is 0 Å². The molecule has 4 nitrogen and oxygen atoms in total. The lowest BCUT2D eigenvalue weighted by molar-refractivity contribution is 0.188. The molecule has 1 N–H and O–H groups in total. The number of hydrogen-bond acceptors (Lipinski definition) is 3. The number of hydrogen-bond donors (Lipinski definition) is 1. The highest BCUT2D eigenvalue weighted by molar-refractivity contribution is 9.10.